The third-order valence-electron chi connectivity index (χ3n) is 2.75. The predicted octanol–water partition coefficient (Wildman–Crippen LogP) is 0.928. The molecule has 0 amide bonds. The molecule has 2 aromatic rings. The molecule has 1 N–H and O–H groups in total. The molecule has 0 aliphatic carbocycles. The molecule has 6 nitrogen and oxygen atoms in total. The zero-order valence-electron chi connectivity index (χ0n) is 10.3. The van der Waals surface area contributed by atoms with Crippen molar-refractivity contribution in [3.05, 3.63) is 27.8 Å². The maximum Gasteiger partial charge on any atom is 0.153 e. The fourth-order valence-corrected chi connectivity index (χ4v) is 2.54. The van der Waals surface area contributed by atoms with Crippen LogP contribution in [-0.2, 0) is 14.1 Å². The van der Waals surface area contributed by atoms with Crippen LogP contribution in [0.15, 0.2) is 10.8 Å². The average Bonchev–Trinajstić information content (AvgIpc) is 2.76. The number of aromatic nitrogens is 5. The van der Waals surface area contributed by atoms with E-state index in [1.165, 1.54) is 0 Å². The quantitative estimate of drug-likeness (QED) is 0.916. The lowest BCUT2D eigenvalue weighted by Gasteiger charge is -2.15. The van der Waals surface area contributed by atoms with Gasteiger partial charge in [0.25, 0.3) is 0 Å². The van der Waals surface area contributed by atoms with Gasteiger partial charge in [-0.05, 0) is 29.9 Å². The molecule has 0 spiro atoms. The number of nitrogens with zero attached hydrogens (tertiary/aromatic N) is 5. The Bertz CT molecular complexity index is 509. The minimum Gasteiger partial charge on any atom is -0.308 e. The van der Waals surface area contributed by atoms with Crippen molar-refractivity contribution in [1.82, 2.24) is 30.1 Å². The van der Waals surface area contributed by atoms with E-state index in [1.807, 2.05) is 38.9 Å². The SMILES string of the molecule is CNC(c1cn(C)nc1C)c1c(Br)nnn1C. The summed E-state index contributed by atoms with van der Waals surface area (Å²) < 4.78 is 4.33. The fourth-order valence-electron chi connectivity index (χ4n) is 1.99. The minimum atomic E-state index is 0.0260. The van der Waals surface area contributed by atoms with Crippen molar-refractivity contribution < 1.29 is 0 Å². The van der Waals surface area contributed by atoms with E-state index in [2.05, 4.69) is 36.7 Å². The summed E-state index contributed by atoms with van der Waals surface area (Å²) in [6.07, 6.45) is 2.01. The number of hydrogen-bond acceptors (Lipinski definition) is 4. The zero-order valence-corrected chi connectivity index (χ0v) is 11.9. The summed E-state index contributed by atoms with van der Waals surface area (Å²) in [4.78, 5) is 0. The highest BCUT2D eigenvalue weighted by molar-refractivity contribution is 9.10. The first kappa shape index (κ1) is 12.3. The molecule has 92 valence electrons. The second kappa shape index (κ2) is 4.58. The summed E-state index contributed by atoms with van der Waals surface area (Å²) in [6, 6.07) is 0.0260. The fraction of sp³-hybridized carbons (Fsp3) is 0.500. The number of hydrogen-bond donors (Lipinski definition) is 1. The molecule has 0 saturated heterocycles. The van der Waals surface area contributed by atoms with Gasteiger partial charge in [0.05, 0.1) is 17.4 Å². The third kappa shape index (κ3) is 2.12. The Labute approximate surface area is 108 Å². The van der Waals surface area contributed by atoms with E-state index in [-0.39, 0.29) is 6.04 Å². The molecule has 2 heterocycles. The van der Waals surface area contributed by atoms with Crippen molar-refractivity contribution in [3.63, 3.8) is 0 Å². The van der Waals surface area contributed by atoms with Crippen LogP contribution >= 0.6 is 15.9 Å². The Hall–Kier alpha value is -1.21. The van der Waals surface area contributed by atoms with Crippen molar-refractivity contribution in [2.75, 3.05) is 7.05 Å². The van der Waals surface area contributed by atoms with E-state index >= 15 is 0 Å². The second-order valence-corrected chi connectivity index (χ2v) is 4.71. The van der Waals surface area contributed by atoms with E-state index in [1.54, 1.807) is 4.68 Å². The van der Waals surface area contributed by atoms with Crippen LogP contribution in [0.2, 0.25) is 0 Å². The zero-order chi connectivity index (χ0) is 12.6. The maximum absolute atomic E-state index is 4.36. The summed E-state index contributed by atoms with van der Waals surface area (Å²) in [7, 11) is 5.71. The van der Waals surface area contributed by atoms with E-state index in [0.29, 0.717) is 0 Å². The first-order chi connectivity index (χ1) is 8.04. The molecule has 2 aromatic heterocycles. The molecule has 7 heteroatoms. The maximum atomic E-state index is 4.36. The number of rotatable bonds is 3. The number of halogens is 1. The lowest BCUT2D eigenvalue weighted by atomic mass is 10.1. The van der Waals surface area contributed by atoms with E-state index < -0.39 is 0 Å². The first-order valence-electron chi connectivity index (χ1n) is 5.27. The summed E-state index contributed by atoms with van der Waals surface area (Å²) >= 11 is 3.43. The molecule has 2 rings (SSSR count). The van der Waals surface area contributed by atoms with Gasteiger partial charge in [-0.1, -0.05) is 5.21 Å². The molecule has 0 aliphatic heterocycles. The molecule has 1 unspecified atom stereocenters. The largest absolute Gasteiger partial charge is 0.308 e. The van der Waals surface area contributed by atoms with Gasteiger partial charge in [0.1, 0.15) is 0 Å². The Kier molecular flexibility index (Phi) is 3.30. The lowest BCUT2D eigenvalue weighted by Crippen LogP contribution is -2.21. The van der Waals surface area contributed by atoms with Crippen molar-refractivity contribution in [1.29, 1.82) is 0 Å². The van der Waals surface area contributed by atoms with Crippen molar-refractivity contribution in [2.24, 2.45) is 14.1 Å². The van der Waals surface area contributed by atoms with Gasteiger partial charge in [-0.25, -0.2) is 4.68 Å². The van der Waals surface area contributed by atoms with E-state index in [9.17, 15) is 0 Å². The summed E-state index contributed by atoms with van der Waals surface area (Å²) in [5, 5.41) is 15.6. The van der Waals surface area contributed by atoms with Gasteiger partial charge in [0, 0.05) is 25.9 Å². The van der Waals surface area contributed by atoms with Crippen LogP contribution in [0.5, 0.6) is 0 Å². The minimum absolute atomic E-state index is 0.0260. The molecule has 0 radical (unpaired) electrons. The van der Waals surface area contributed by atoms with Gasteiger partial charge in [-0.2, -0.15) is 5.10 Å². The highest BCUT2D eigenvalue weighted by Gasteiger charge is 2.23. The standard InChI is InChI=1S/C10H15BrN6/c1-6-7(5-16(3)14-6)8(12-2)9-10(11)13-15-17(9)4/h5,8,12H,1-4H3. The average molecular weight is 299 g/mol. The van der Waals surface area contributed by atoms with Crippen LogP contribution in [-0.4, -0.2) is 31.8 Å². The van der Waals surface area contributed by atoms with Gasteiger partial charge in [0.15, 0.2) is 4.60 Å². The smallest absolute Gasteiger partial charge is 0.153 e. The highest BCUT2D eigenvalue weighted by Crippen LogP contribution is 2.27. The molecule has 1 atom stereocenters. The van der Waals surface area contributed by atoms with E-state index in [4.69, 9.17) is 0 Å². The van der Waals surface area contributed by atoms with Gasteiger partial charge < -0.3 is 5.32 Å². The van der Waals surface area contributed by atoms with Crippen LogP contribution in [0.3, 0.4) is 0 Å². The molecular formula is C10H15BrN6. The predicted molar refractivity (Wildman–Crippen MR) is 67.6 cm³/mol. The summed E-state index contributed by atoms with van der Waals surface area (Å²) in [5.41, 5.74) is 3.12. The van der Waals surface area contributed by atoms with E-state index in [0.717, 1.165) is 21.6 Å². The van der Waals surface area contributed by atoms with Gasteiger partial charge in [0.2, 0.25) is 0 Å². The van der Waals surface area contributed by atoms with Crippen LogP contribution in [0.4, 0.5) is 0 Å². The van der Waals surface area contributed by atoms with Crippen LogP contribution < -0.4 is 5.32 Å². The Morgan fingerprint density at radius 3 is 2.53 bits per heavy atom. The Morgan fingerprint density at radius 1 is 1.41 bits per heavy atom. The lowest BCUT2D eigenvalue weighted by molar-refractivity contribution is 0.595. The van der Waals surface area contributed by atoms with Gasteiger partial charge in [-0.3, -0.25) is 4.68 Å². The van der Waals surface area contributed by atoms with Crippen molar-refractivity contribution >= 4 is 15.9 Å². The normalized spacial score (nSPS) is 13.0. The first-order valence-corrected chi connectivity index (χ1v) is 6.06. The monoisotopic (exact) mass is 298 g/mol. The molecule has 0 fully saturated rings. The number of nitrogens with one attached hydrogen (secondary N) is 1. The molecule has 0 saturated carbocycles. The van der Waals surface area contributed by atoms with Crippen LogP contribution in [0, 0.1) is 6.92 Å². The Balaban J connectivity index is 2.51. The second-order valence-electron chi connectivity index (χ2n) is 3.95. The Morgan fingerprint density at radius 2 is 2.12 bits per heavy atom. The summed E-state index contributed by atoms with van der Waals surface area (Å²) in [5.74, 6) is 0. The highest BCUT2D eigenvalue weighted by atomic mass is 79.9. The molecule has 0 aromatic carbocycles. The van der Waals surface area contributed by atoms with Crippen LogP contribution in [0.25, 0.3) is 0 Å². The van der Waals surface area contributed by atoms with Crippen LogP contribution in [0.1, 0.15) is 23.0 Å². The molecule has 0 aliphatic rings. The number of aryl methyl sites for hydroxylation is 3. The van der Waals surface area contributed by atoms with Gasteiger partial charge in [-0.15, -0.1) is 5.10 Å². The molecule has 0 bridgehead atoms. The molecule has 17 heavy (non-hydrogen) atoms. The topological polar surface area (TPSA) is 60.6 Å². The third-order valence-corrected chi connectivity index (χ3v) is 3.32. The van der Waals surface area contributed by atoms with Crippen molar-refractivity contribution in [3.8, 4) is 0 Å². The van der Waals surface area contributed by atoms with Crippen molar-refractivity contribution in [2.45, 2.75) is 13.0 Å². The molecular weight excluding hydrogens is 284 g/mol. The summed E-state index contributed by atoms with van der Waals surface area (Å²) in [6.45, 7) is 2.00. The van der Waals surface area contributed by atoms with Gasteiger partial charge >= 0.3 is 0 Å².